The Balaban J connectivity index is 1.06. The van der Waals surface area contributed by atoms with Crippen molar-refractivity contribution < 1.29 is 8.83 Å². The van der Waals surface area contributed by atoms with Gasteiger partial charge in [0.05, 0.1) is 43.9 Å². The highest BCUT2D eigenvalue weighted by Crippen LogP contribution is 2.45. The zero-order valence-corrected chi connectivity index (χ0v) is 31.8. The molecular weight excluding hydrogens is 723 g/mol. The fraction of sp³-hybridized carbons (Fsp3) is 0. The monoisotopic (exact) mass is 755 g/mol. The maximum atomic E-state index is 7.18. The lowest BCUT2D eigenvalue weighted by molar-refractivity contribution is 0.603. The van der Waals surface area contributed by atoms with Gasteiger partial charge in [0, 0.05) is 60.3 Å². The van der Waals surface area contributed by atoms with Crippen molar-refractivity contribution >= 4 is 110 Å². The lowest BCUT2D eigenvalue weighted by atomic mass is 10.1. The molecule has 5 nitrogen and oxygen atoms in total. The predicted octanol–water partition coefficient (Wildman–Crippen LogP) is 14.9. The Bertz CT molecular complexity index is 3940. The van der Waals surface area contributed by atoms with Gasteiger partial charge in [-0.25, -0.2) is 0 Å². The largest absolute Gasteiger partial charge is 0.456 e. The van der Waals surface area contributed by atoms with E-state index in [-0.39, 0.29) is 0 Å². The maximum absolute atomic E-state index is 7.18. The lowest BCUT2D eigenvalue weighted by Crippen LogP contribution is -1.96. The zero-order valence-electron chi connectivity index (χ0n) is 31.8. The average Bonchev–Trinajstić information content (AvgIpc) is 4.09. The molecule has 0 aliphatic rings. The van der Waals surface area contributed by atoms with E-state index in [4.69, 9.17) is 8.83 Å². The van der Waals surface area contributed by atoms with Crippen LogP contribution in [0, 0.1) is 0 Å². The second kappa shape index (κ2) is 11.8. The topological polar surface area (TPSA) is 41.1 Å². The highest BCUT2D eigenvalue weighted by Gasteiger charge is 2.23. The average molecular weight is 756 g/mol. The molecule has 5 heteroatoms. The molecule has 0 N–H and O–H groups in total. The predicted molar refractivity (Wildman–Crippen MR) is 247 cm³/mol. The second-order valence-corrected chi connectivity index (χ2v) is 15.3. The molecule has 276 valence electrons. The highest BCUT2D eigenvalue weighted by molar-refractivity contribution is 6.29. The summed E-state index contributed by atoms with van der Waals surface area (Å²) < 4.78 is 20.4. The molecule has 0 atom stereocenters. The summed E-state index contributed by atoms with van der Waals surface area (Å²) in [5.41, 5.74) is 13.6. The van der Waals surface area contributed by atoms with Crippen LogP contribution >= 0.6 is 0 Å². The lowest BCUT2D eigenvalue weighted by Gasteiger charge is -2.10. The Labute approximate surface area is 337 Å². The second-order valence-electron chi connectivity index (χ2n) is 15.3. The first-order valence-electron chi connectivity index (χ1n) is 19.9. The Kier molecular flexibility index (Phi) is 6.40. The first-order valence-corrected chi connectivity index (χ1v) is 19.9. The van der Waals surface area contributed by atoms with E-state index >= 15 is 0 Å². The van der Waals surface area contributed by atoms with Gasteiger partial charge in [-0.1, -0.05) is 92.0 Å². The van der Waals surface area contributed by atoms with E-state index in [2.05, 4.69) is 185 Å². The van der Waals surface area contributed by atoms with Crippen LogP contribution in [0.4, 0.5) is 0 Å². The molecule has 0 bridgehead atoms. The maximum Gasteiger partial charge on any atom is 0.145 e. The number of hydrogen-bond donors (Lipinski definition) is 0. The van der Waals surface area contributed by atoms with E-state index in [1.807, 2.05) is 12.1 Å². The summed E-state index contributed by atoms with van der Waals surface area (Å²) in [7, 11) is 0. The van der Waals surface area contributed by atoms with Crippen molar-refractivity contribution in [1.29, 1.82) is 0 Å². The van der Waals surface area contributed by atoms with E-state index in [0.717, 1.165) is 111 Å². The van der Waals surface area contributed by atoms with Crippen molar-refractivity contribution in [3.63, 3.8) is 0 Å². The summed E-state index contributed by atoms with van der Waals surface area (Å²) in [6.07, 6.45) is 3.59. The molecule has 0 aliphatic heterocycles. The summed E-state index contributed by atoms with van der Waals surface area (Å²) >= 11 is 0. The first kappa shape index (κ1) is 32.1. The third kappa shape index (κ3) is 4.23. The fourth-order valence-electron chi connectivity index (χ4n) is 9.93. The van der Waals surface area contributed by atoms with Crippen LogP contribution in [-0.4, -0.2) is 13.7 Å². The summed E-state index contributed by atoms with van der Waals surface area (Å²) in [6.45, 7) is 8.03. The molecule has 0 spiro atoms. The number of nitrogens with zero attached hydrogens (tertiary/aromatic N) is 3. The van der Waals surface area contributed by atoms with Crippen LogP contribution in [0.5, 0.6) is 0 Å². The van der Waals surface area contributed by atoms with E-state index in [1.165, 1.54) is 16.2 Å². The van der Waals surface area contributed by atoms with Gasteiger partial charge in [-0.3, -0.25) is 0 Å². The number of fused-ring (bicyclic) bond motifs is 15. The van der Waals surface area contributed by atoms with E-state index < -0.39 is 0 Å². The van der Waals surface area contributed by atoms with E-state index in [1.54, 1.807) is 6.08 Å². The third-order valence-corrected chi connectivity index (χ3v) is 12.4. The first-order chi connectivity index (χ1) is 29.2. The van der Waals surface area contributed by atoms with E-state index in [0.29, 0.717) is 0 Å². The van der Waals surface area contributed by atoms with Gasteiger partial charge in [0.1, 0.15) is 22.5 Å². The highest BCUT2D eigenvalue weighted by atomic mass is 16.3. The Morgan fingerprint density at radius 2 is 0.847 bits per heavy atom. The van der Waals surface area contributed by atoms with Crippen molar-refractivity contribution in [2.45, 2.75) is 0 Å². The normalized spacial score (nSPS) is 12.2. The fourth-order valence-corrected chi connectivity index (χ4v) is 9.93. The number of rotatable bonds is 5. The Hall–Kier alpha value is -8.02. The van der Waals surface area contributed by atoms with Crippen LogP contribution < -0.4 is 0 Å². The molecule has 8 aromatic carbocycles. The van der Waals surface area contributed by atoms with Crippen LogP contribution in [0.1, 0.15) is 11.3 Å². The third-order valence-electron chi connectivity index (χ3n) is 12.4. The quantitative estimate of drug-likeness (QED) is 0.175. The van der Waals surface area contributed by atoms with Crippen LogP contribution in [0.25, 0.3) is 128 Å². The summed E-state index contributed by atoms with van der Waals surface area (Å²) in [5, 5.41) is 10.2. The number of benzene rings is 8. The van der Waals surface area contributed by atoms with Crippen LogP contribution in [-0.2, 0) is 0 Å². The SMILES string of the molecule is C=Cc1oc2ccc(-n3c4ccccc4c4cc(-n5c6ccccc6c6c7oc8c(ccc9c8c8ccccc8n9-c8ccccc8)c7ccc65)ccc43)cc2c1C=C. The van der Waals surface area contributed by atoms with Crippen molar-refractivity contribution in [3.8, 4) is 17.1 Å². The van der Waals surface area contributed by atoms with Gasteiger partial charge in [0.15, 0.2) is 0 Å². The molecule has 0 unspecified atom stereocenters. The van der Waals surface area contributed by atoms with Gasteiger partial charge in [-0.05, 0) is 97.1 Å². The number of aromatic nitrogens is 3. The smallest absolute Gasteiger partial charge is 0.145 e. The molecule has 13 aromatic rings. The zero-order chi connectivity index (χ0) is 38.9. The Morgan fingerprint density at radius 1 is 0.356 bits per heavy atom. The summed E-state index contributed by atoms with van der Waals surface area (Å²) in [5.74, 6) is 0.731. The molecule has 0 amide bonds. The van der Waals surface area contributed by atoms with Crippen LogP contribution in [0.15, 0.2) is 186 Å². The van der Waals surface area contributed by atoms with Crippen molar-refractivity contribution in [2.75, 3.05) is 0 Å². The molecule has 0 aliphatic carbocycles. The van der Waals surface area contributed by atoms with Crippen molar-refractivity contribution in [2.24, 2.45) is 0 Å². The molecular formula is C54H33N3O2. The Morgan fingerprint density at radius 3 is 1.47 bits per heavy atom. The molecule has 59 heavy (non-hydrogen) atoms. The number of hydrogen-bond acceptors (Lipinski definition) is 2. The number of furan rings is 2. The van der Waals surface area contributed by atoms with Crippen molar-refractivity contribution in [3.05, 3.63) is 188 Å². The minimum absolute atomic E-state index is 0.731. The van der Waals surface area contributed by atoms with Crippen LogP contribution in [0.3, 0.4) is 0 Å². The molecule has 0 saturated carbocycles. The van der Waals surface area contributed by atoms with Crippen molar-refractivity contribution in [1.82, 2.24) is 13.7 Å². The molecule has 0 saturated heterocycles. The molecule has 0 radical (unpaired) electrons. The van der Waals surface area contributed by atoms with Gasteiger partial charge < -0.3 is 22.5 Å². The van der Waals surface area contributed by atoms with Gasteiger partial charge in [0.2, 0.25) is 0 Å². The number of para-hydroxylation sites is 4. The van der Waals surface area contributed by atoms with Gasteiger partial charge in [0.25, 0.3) is 0 Å². The van der Waals surface area contributed by atoms with E-state index in [9.17, 15) is 0 Å². The minimum atomic E-state index is 0.731. The van der Waals surface area contributed by atoms with Gasteiger partial charge in [-0.15, -0.1) is 0 Å². The minimum Gasteiger partial charge on any atom is -0.456 e. The summed E-state index contributed by atoms with van der Waals surface area (Å²) in [6, 6.07) is 58.8. The summed E-state index contributed by atoms with van der Waals surface area (Å²) in [4.78, 5) is 0. The van der Waals surface area contributed by atoms with Crippen LogP contribution in [0.2, 0.25) is 0 Å². The molecule has 5 heterocycles. The van der Waals surface area contributed by atoms with Gasteiger partial charge >= 0.3 is 0 Å². The standard InChI is InChI=1S/C54H33N3O2/c1-3-35-42-31-34(23-29-50(42)58-49(35)4-2)56-43-19-11-8-16-36(43)41-30-33(22-26-46(41)56)57-45-21-13-10-18-40(45)52-48(57)28-25-38-37-24-27-47-51(53(37)59-54(38)52)39-17-9-12-20-44(39)55(47)32-14-6-5-7-15-32/h3-31H,1-2H2. The molecule has 0 fully saturated rings. The molecule has 13 rings (SSSR count). The van der Waals surface area contributed by atoms with Gasteiger partial charge in [-0.2, -0.15) is 0 Å². The molecule has 5 aromatic heterocycles.